The maximum absolute atomic E-state index is 12.7. The third kappa shape index (κ3) is 3.67. The second kappa shape index (κ2) is 6.23. The second-order valence-corrected chi connectivity index (χ2v) is 4.63. The van der Waals surface area contributed by atoms with E-state index in [-0.39, 0.29) is 12.4 Å². The lowest BCUT2D eigenvalue weighted by Gasteiger charge is -2.17. The summed E-state index contributed by atoms with van der Waals surface area (Å²) in [5.74, 6) is -1.62. The highest BCUT2D eigenvalue weighted by Crippen LogP contribution is 2.36. The highest BCUT2D eigenvalue weighted by Gasteiger charge is 2.43. The van der Waals surface area contributed by atoms with E-state index in [4.69, 9.17) is 9.15 Å². The topological polar surface area (TPSA) is 59.7 Å². The number of hydrogen-bond donors (Lipinski definition) is 1. The second-order valence-electron chi connectivity index (χ2n) is 4.63. The van der Waals surface area contributed by atoms with Crippen molar-refractivity contribution in [2.75, 3.05) is 0 Å². The van der Waals surface area contributed by atoms with Crippen LogP contribution >= 0.6 is 0 Å². The van der Waals surface area contributed by atoms with Crippen LogP contribution in [-0.4, -0.2) is 11.3 Å². The zero-order chi connectivity index (χ0) is 16.3. The molecule has 0 aliphatic heterocycles. The number of alkyl halides is 3. The van der Waals surface area contributed by atoms with Crippen molar-refractivity contribution in [3.63, 3.8) is 0 Å². The van der Waals surface area contributed by atoms with Gasteiger partial charge in [0.25, 0.3) is 0 Å². The van der Waals surface area contributed by atoms with E-state index in [2.05, 4.69) is 0 Å². The fraction of sp³-hybridized carbons (Fsp3) is 0.267. The molecular formula is C15H13F3O4. The Morgan fingerprint density at radius 3 is 2.50 bits per heavy atom. The van der Waals surface area contributed by atoms with Crippen LogP contribution in [0.25, 0.3) is 0 Å². The number of hydrogen-bond acceptors (Lipinski definition) is 4. The van der Waals surface area contributed by atoms with E-state index in [9.17, 15) is 23.1 Å². The fourth-order valence-electron chi connectivity index (χ4n) is 1.82. The van der Waals surface area contributed by atoms with Crippen molar-refractivity contribution in [1.82, 2.24) is 0 Å². The molecule has 0 aliphatic carbocycles. The predicted octanol–water partition coefficient (Wildman–Crippen LogP) is 3.12. The molecule has 4 nitrogen and oxygen atoms in total. The third-order valence-electron chi connectivity index (χ3n) is 2.84. The van der Waals surface area contributed by atoms with Gasteiger partial charge in [0.2, 0.25) is 17.3 Å². The van der Waals surface area contributed by atoms with Crippen molar-refractivity contribution in [2.24, 2.45) is 0 Å². The number of benzene rings is 1. The van der Waals surface area contributed by atoms with E-state index in [1.165, 1.54) is 6.92 Å². The average Bonchev–Trinajstić information content (AvgIpc) is 2.45. The normalized spacial score (nSPS) is 13.0. The largest absolute Gasteiger partial charge is 0.482 e. The summed E-state index contributed by atoms with van der Waals surface area (Å²) in [6, 6.07) is 9.60. The molecule has 7 heteroatoms. The Balaban J connectivity index is 2.35. The van der Waals surface area contributed by atoms with Crippen molar-refractivity contribution < 1.29 is 27.4 Å². The van der Waals surface area contributed by atoms with Crippen LogP contribution < -0.4 is 10.2 Å². The Labute approximate surface area is 123 Å². The number of aryl methyl sites for hydroxylation is 1. The number of aliphatic hydroxyl groups is 1. The Bertz CT molecular complexity index is 692. The van der Waals surface area contributed by atoms with Gasteiger partial charge in [-0.05, 0) is 12.5 Å². The molecule has 0 aliphatic rings. The Kier molecular flexibility index (Phi) is 4.56. The first-order valence-electron chi connectivity index (χ1n) is 6.35. The molecule has 0 radical (unpaired) electrons. The van der Waals surface area contributed by atoms with Crippen LogP contribution in [0.3, 0.4) is 0 Å². The van der Waals surface area contributed by atoms with Crippen LogP contribution in [0, 0.1) is 6.92 Å². The number of rotatable bonds is 4. The molecule has 1 N–H and O–H groups in total. The molecule has 0 spiro atoms. The van der Waals surface area contributed by atoms with Gasteiger partial charge in [0, 0.05) is 6.07 Å². The highest BCUT2D eigenvalue weighted by atomic mass is 19.4. The first kappa shape index (κ1) is 16.1. The fourth-order valence-corrected chi connectivity index (χ4v) is 1.82. The van der Waals surface area contributed by atoms with Crippen molar-refractivity contribution in [3.8, 4) is 5.75 Å². The van der Waals surface area contributed by atoms with Gasteiger partial charge in [0.1, 0.15) is 12.4 Å². The van der Waals surface area contributed by atoms with E-state index in [1.54, 1.807) is 30.3 Å². The van der Waals surface area contributed by atoms with Crippen molar-refractivity contribution >= 4 is 0 Å². The summed E-state index contributed by atoms with van der Waals surface area (Å²) in [6.07, 6.45) is -7.89. The maximum Gasteiger partial charge on any atom is 0.421 e. The quantitative estimate of drug-likeness (QED) is 0.942. The zero-order valence-corrected chi connectivity index (χ0v) is 11.6. The van der Waals surface area contributed by atoms with Crippen LogP contribution in [0.5, 0.6) is 5.75 Å². The summed E-state index contributed by atoms with van der Waals surface area (Å²) < 4.78 is 48.1. The predicted molar refractivity (Wildman–Crippen MR) is 71.5 cm³/mol. The van der Waals surface area contributed by atoms with E-state index in [0.717, 1.165) is 6.07 Å². The van der Waals surface area contributed by atoms with Crippen LogP contribution in [0.1, 0.15) is 23.2 Å². The SMILES string of the molecule is Cc1cc(=O)c(OCc2ccccc2)c(C(O)C(F)(F)F)o1. The maximum atomic E-state index is 12.7. The minimum absolute atomic E-state index is 0.0460. The summed E-state index contributed by atoms with van der Waals surface area (Å²) in [7, 11) is 0. The number of ether oxygens (including phenoxy) is 1. The van der Waals surface area contributed by atoms with Crippen molar-refractivity contribution in [3.05, 3.63) is 63.7 Å². The Hall–Kier alpha value is -2.28. The van der Waals surface area contributed by atoms with E-state index in [1.807, 2.05) is 0 Å². The van der Waals surface area contributed by atoms with Gasteiger partial charge >= 0.3 is 6.18 Å². The molecule has 2 aromatic rings. The molecule has 0 saturated carbocycles. The molecule has 1 aromatic heterocycles. The van der Waals surface area contributed by atoms with Gasteiger partial charge in [-0.3, -0.25) is 4.79 Å². The third-order valence-corrected chi connectivity index (χ3v) is 2.84. The molecule has 22 heavy (non-hydrogen) atoms. The van der Waals surface area contributed by atoms with E-state index >= 15 is 0 Å². The summed E-state index contributed by atoms with van der Waals surface area (Å²) in [5, 5.41) is 9.35. The van der Waals surface area contributed by atoms with Gasteiger partial charge in [0.05, 0.1) is 0 Å². The van der Waals surface area contributed by atoms with Crippen LogP contribution in [0.4, 0.5) is 13.2 Å². The molecule has 1 aromatic carbocycles. The molecule has 0 bridgehead atoms. The van der Waals surface area contributed by atoms with Crippen LogP contribution in [-0.2, 0) is 6.61 Å². The Morgan fingerprint density at radius 2 is 1.91 bits per heavy atom. The molecule has 0 saturated heterocycles. The lowest BCUT2D eigenvalue weighted by atomic mass is 10.2. The van der Waals surface area contributed by atoms with Crippen molar-refractivity contribution in [1.29, 1.82) is 0 Å². The van der Waals surface area contributed by atoms with Gasteiger partial charge in [-0.1, -0.05) is 30.3 Å². The van der Waals surface area contributed by atoms with Crippen LogP contribution in [0.2, 0.25) is 0 Å². The standard InChI is InChI=1S/C15H13F3O4/c1-9-7-11(19)12(13(22-9)14(20)15(16,17)18)21-8-10-5-3-2-4-6-10/h2-7,14,20H,8H2,1H3. The minimum Gasteiger partial charge on any atom is -0.482 e. The first-order valence-corrected chi connectivity index (χ1v) is 6.35. The molecular weight excluding hydrogens is 301 g/mol. The summed E-state index contributed by atoms with van der Waals surface area (Å²) in [4.78, 5) is 11.9. The smallest absolute Gasteiger partial charge is 0.421 e. The molecule has 0 amide bonds. The Morgan fingerprint density at radius 1 is 1.27 bits per heavy atom. The lowest BCUT2D eigenvalue weighted by Crippen LogP contribution is -2.23. The number of aliphatic hydroxyl groups excluding tert-OH is 1. The van der Waals surface area contributed by atoms with E-state index in [0.29, 0.717) is 5.56 Å². The molecule has 0 fully saturated rings. The molecule has 118 valence electrons. The summed E-state index contributed by atoms with van der Waals surface area (Å²) in [5.41, 5.74) is -0.118. The lowest BCUT2D eigenvalue weighted by molar-refractivity contribution is -0.212. The minimum atomic E-state index is -4.96. The van der Waals surface area contributed by atoms with Gasteiger partial charge in [-0.25, -0.2) is 0 Å². The van der Waals surface area contributed by atoms with E-state index < -0.39 is 29.2 Å². The van der Waals surface area contributed by atoms with Crippen LogP contribution in [0.15, 0.2) is 45.6 Å². The molecule has 1 heterocycles. The molecule has 1 atom stereocenters. The first-order chi connectivity index (χ1) is 10.3. The van der Waals surface area contributed by atoms with Gasteiger partial charge in [-0.2, -0.15) is 13.2 Å². The van der Waals surface area contributed by atoms with Gasteiger partial charge in [-0.15, -0.1) is 0 Å². The summed E-state index contributed by atoms with van der Waals surface area (Å²) >= 11 is 0. The highest BCUT2D eigenvalue weighted by molar-refractivity contribution is 5.29. The zero-order valence-electron chi connectivity index (χ0n) is 11.6. The molecule has 1 unspecified atom stereocenters. The summed E-state index contributed by atoms with van der Waals surface area (Å²) in [6.45, 7) is 1.20. The number of halogens is 3. The molecule has 2 rings (SSSR count). The monoisotopic (exact) mass is 314 g/mol. The average molecular weight is 314 g/mol. The van der Waals surface area contributed by atoms with Gasteiger partial charge in [0.15, 0.2) is 5.76 Å². The van der Waals surface area contributed by atoms with Crippen molar-refractivity contribution in [2.45, 2.75) is 25.8 Å². The van der Waals surface area contributed by atoms with Gasteiger partial charge < -0.3 is 14.3 Å².